The fourth-order valence-corrected chi connectivity index (χ4v) is 1.66. The number of benzene rings is 1. The molecule has 0 unspecified atom stereocenters. The van der Waals surface area contributed by atoms with Gasteiger partial charge in [0.2, 0.25) is 5.91 Å². The molecule has 0 spiro atoms. The number of anilines is 1. The molecule has 1 aromatic heterocycles. The molecule has 0 bridgehead atoms. The summed E-state index contributed by atoms with van der Waals surface area (Å²) < 4.78 is 0. The van der Waals surface area contributed by atoms with Gasteiger partial charge in [-0.15, -0.1) is 0 Å². The normalized spacial score (nSPS) is 10.3. The van der Waals surface area contributed by atoms with Gasteiger partial charge in [-0.05, 0) is 25.0 Å². The zero-order chi connectivity index (χ0) is 13.0. The first-order chi connectivity index (χ1) is 8.65. The van der Waals surface area contributed by atoms with E-state index >= 15 is 0 Å². The summed E-state index contributed by atoms with van der Waals surface area (Å²) in [4.78, 5) is 11.7. The highest BCUT2D eigenvalue weighted by Gasteiger charge is 2.07. The van der Waals surface area contributed by atoms with Crippen LogP contribution in [0.3, 0.4) is 0 Å². The molecule has 1 heterocycles. The number of H-pyrrole nitrogens is 1. The maximum absolute atomic E-state index is 11.7. The van der Waals surface area contributed by atoms with Gasteiger partial charge in [0.25, 0.3) is 0 Å². The summed E-state index contributed by atoms with van der Waals surface area (Å²) in [5.41, 5.74) is 1.66. The van der Waals surface area contributed by atoms with Crippen molar-refractivity contribution >= 4 is 11.7 Å². The number of aryl methyl sites for hydroxylation is 2. The van der Waals surface area contributed by atoms with E-state index in [1.54, 1.807) is 24.3 Å². The van der Waals surface area contributed by atoms with Crippen molar-refractivity contribution in [3.63, 3.8) is 0 Å². The number of nitrogens with one attached hydrogen (secondary N) is 2. The predicted molar refractivity (Wildman–Crippen MR) is 68.4 cm³/mol. The summed E-state index contributed by atoms with van der Waals surface area (Å²) in [6.45, 7) is 1.87. The molecule has 5 nitrogen and oxygen atoms in total. The minimum absolute atomic E-state index is 0.121. The fourth-order valence-electron chi connectivity index (χ4n) is 1.66. The quantitative estimate of drug-likeness (QED) is 0.770. The Hall–Kier alpha value is -2.30. The molecule has 3 N–H and O–H groups in total. The summed E-state index contributed by atoms with van der Waals surface area (Å²) in [7, 11) is 0. The van der Waals surface area contributed by atoms with Crippen molar-refractivity contribution in [2.24, 2.45) is 0 Å². The molecule has 0 fully saturated rings. The SMILES string of the molecule is Cc1cc(NC(=O)CCc2ccccc2O)n[nH]1. The maximum atomic E-state index is 11.7. The molecule has 0 aliphatic rings. The molecule has 0 aliphatic heterocycles. The second kappa shape index (κ2) is 5.35. The van der Waals surface area contributed by atoms with Gasteiger partial charge in [0.05, 0.1) is 0 Å². The topological polar surface area (TPSA) is 78.0 Å². The lowest BCUT2D eigenvalue weighted by atomic mass is 10.1. The van der Waals surface area contributed by atoms with E-state index in [-0.39, 0.29) is 11.7 Å². The van der Waals surface area contributed by atoms with Crippen molar-refractivity contribution < 1.29 is 9.90 Å². The molecular formula is C13H15N3O2. The van der Waals surface area contributed by atoms with E-state index in [1.807, 2.05) is 13.0 Å². The van der Waals surface area contributed by atoms with E-state index in [4.69, 9.17) is 0 Å². The number of amides is 1. The number of aromatic amines is 1. The lowest BCUT2D eigenvalue weighted by Crippen LogP contribution is -2.12. The number of rotatable bonds is 4. The van der Waals surface area contributed by atoms with Crippen LogP contribution in [-0.4, -0.2) is 21.2 Å². The highest BCUT2D eigenvalue weighted by atomic mass is 16.3. The van der Waals surface area contributed by atoms with E-state index < -0.39 is 0 Å². The molecule has 0 atom stereocenters. The van der Waals surface area contributed by atoms with Gasteiger partial charge in [-0.1, -0.05) is 18.2 Å². The van der Waals surface area contributed by atoms with Crippen molar-refractivity contribution in [1.29, 1.82) is 0 Å². The number of phenols is 1. The van der Waals surface area contributed by atoms with Gasteiger partial charge in [-0.3, -0.25) is 9.89 Å². The van der Waals surface area contributed by atoms with Crippen LogP contribution in [0.5, 0.6) is 5.75 Å². The third-order valence-electron chi connectivity index (χ3n) is 2.59. The van der Waals surface area contributed by atoms with Gasteiger partial charge < -0.3 is 10.4 Å². The second-order valence-electron chi connectivity index (χ2n) is 4.11. The third-order valence-corrected chi connectivity index (χ3v) is 2.59. The lowest BCUT2D eigenvalue weighted by Gasteiger charge is -2.04. The minimum Gasteiger partial charge on any atom is -0.508 e. The molecule has 18 heavy (non-hydrogen) atoms. The first-order valence-electron chi connectivity index (χ1n) is 5.74. The first-order valence-corrected chi connectivity index (χ1v) is 5.74. The number of carbonyl (C=O) groups excluding carboxylic acids is 1. The summed E-state index contributed by atoms with van der Waals surface area (Å²) in [5.74, 6) is 0.625. The van der Waals surface area contributed by atoms with Crippen LogP contribution < -0.4 is 5.32 Å². The second-order valence-corrected chi connectivity index (χ2v) is 4.11. The largest absolute Gasteiger partial charge is 0.508 e. The molecule has 0 radical (unpaired) electrons. The van der Waals surface area contributed by atoms with E-state index in [2.05, 4.69) is 15.5 Å². The Bertz CT molecular complexity index is 549. The van der Waals surface area contributed by atoms with E-state index in [0.717, 1.165) is 11.3 Å². The average molecular weight is 245 g/mol. The monoisotopic (exact) mass is 245 g/mol. The highest BCUT2D eigenvalue weighted by Crippen LogP contribution is 2.17. The van der Waals surface area contributed by atoms with Crippen molar-refractivity contribution in [3.05, 3.63) is 41.6 Å². The molecule has 0 saturated carbocycles. The van der Waals surface area contributed by atoms with Crippen LogP contribution in [0.25, 0.3) is 0 Å². The number of hydrogen-bond donors (Lipinski definition) is 3. The smallest absolute Gasteiger partial charge is 0.225 e. The molecule has 0 saturated heterocycles. The van der Waals surface area contributed by atoms with Crippen LogP contribution in [0, 0.1) is 6.92 Å². The number of aromatic nitrogens is 2. The highest BCUT2D eigenvalue weighted by molar-refractivity contribution is 5.89. The summed E-state index contributed by atoms with van der Waals surface area (Å²) in [6, 6.07) is 8.78. The van der Waals surface area contributed by atoms with Crippen LogP contribution in [0.2, 0.25) is 0 Å². The van der Waals surface area contributed by atoms with Gasteiger partial charge in [0.15, 0.2) is 5.82 Å². The van der Waals surface area contributed by atoms with E-state index in [0.29, 0.717) is 18.7 Å². The van der Waals surface area contributed by atoms with Crippen LogP contribution in [0.1, 0.15) is 17.7 Å². The molecule has 1 amide bonds. The van der Waals surface area contributed by atoms with Gasteiger partial charge in [0, 0.05) is 18.2 Å². The summed E-state index contributed by atoms with van der Waals surface area (Å²) in [6.07, 6.45) is 0.811. The zero-order valence-electron chi connectivity index (χ0n) is 10.1. The number of carbonyl (C=O) groups is 1. The maximum Gasteiger partial charge on any atom is 0.225 e. The number of para-hydroxylation sites is 1. The molecule has 5 heteroatoms. The first kappa shape index (κ1) is 12.2. The van der Waals surface area contributed by atoms with Gasteiger partial charge in [0.1, 0.15) is 5.75 Å². The number of aromatic hydroxyl groups is 1. The standard InChI is InChI=1S/C13H15N3O2/c1-9-8-12(16-15-9)14-13(18)7-6-10-4-2-3-5-11(10)17/h2-5,8,17H,6-7H2,1H3,(H2,14,15,16,18). The summed E-state index contributed by atoms with van der Waals surface area (Å²) >= 11 is 0. The molecular weight excluding hydrogens is 230 g/mol. The average Bonchev–Trinajstić information content (AvgIpc) is 2.74. The van der Waals surface area contributed by atoms with Crippen molar-refractivity contribution in [2.75, 3.05) is 5.32 Å². The zero-order valence-corrected chi connectivity index (χ0v) is 10.1. The van der Waals surface area contributed by atoms with Gasteiger partial charge in [-0.25, -0.2) is 0 Å². The van der Waals surface area contributed by atoms with Crippen LogP contribution >= 0.6 is 0 Å². The molecule has 2 aromatic rings. The van der Waals surface area contributed by atoms with Gasteiger partial charge in [-0.2, -0.15) is 5.10 Å². The van der Waals surface area contributed by atoms with Crippen LogP contribution in [0.15, 0.2) is 30.3 Å². The van der Waals surface area contributed by atoms with E-state index in [1.165, 1.54) is 0 Å². The van der Waals surface area contributed by atoms with Crippen LogP contribution in [-0.2, 0) is 11.2 Å². The molecule has 2 rings (SSSR count). The molecule has 0 aliphatic carbocycles. The molecule has 1 aromatic carbocycles. The number of phenolic OH excluding ortho intramolecular Hbond substituents is 1. The Labute approximate surface area is 105 Å². The van der Waals surface area contributed by atoms with Crippen molar-refractivity contribution in [3.8, 4) is 5.75 Å². The Morgan fingerprint density at radius 3 is 2.89 bits per heavy atom. The van der Waals surface area contributed by atoms with Crippen molar-refractivity contribution in [2.45, 2.75) is 19.8 Å². The Balaban J connectivity index is 1.87. The minimum atomic E-state index is -0.121. The fraction of sp³-hybridized carbons (Fsp3) is 0.231. The van der Waals surface area contributed by atoms with Crippen LogP contribution in [0.4, 0.5) is 5.82 Å². The van der Waals surface area contributed by atoms with Crippen molar-refractivity contribution in [1.82, 2.24) is 10.2 Å². The summed E-state index contributed by atoms with van der Waals surface area (Å²) in [5, 5.41) is 18.9. The lowest BCUT2D eigenvalue weighted by molar-refractivity contribution is -0.116. The van der Waals surface area contributed by atoms with E-state index in [9.17, 15) is 9.90 Å². The predicted octanol–water partition coefficient (Wildman–Crippen LogP) is 2.00. The van der Waals surface area contributed by atoms with Gasteiger partial charge >= 0.3 is 0 Å². The Morgan fingerprint density at radius 2 is 2.22 bits per heavy atom. The number of nitrogens with zero attached hydrogens (tertiary/aromatic N) is 1. The number of hydrogen-bond acceptors (Lipinski definition) is 3. The molecule has 94 valence electrons. The third kappa shape index (κ3) is 3.10. The Morgan fingerprint density at radius 1 is 1.44 bits per heavy atom. The Kier molecular flexibility index (Phi) is 3.62.